The normalized spacial score (nSPS) is 15.6. The Balaban J connectivity index is 2.24. The zero-order chi connectivity index (χ0) is 11.4. The molecule has 16 heavy (non-hydrogen) atoms. The predicted molar refractivity (Wildman–Crippen MR) is 64.4 cm³/mol. The van der Waals surface area contributed by atoms with E-state index in [-0.39, 0.29) is 5.82 Å². The molecule has 0 fully saturated rings. The maximum absolute atomic E-state index is 12.8. The number of rotatable bonds is 3. The third-order valence-corrected chi connectivity index (χ3v) is 2.45. The zero-order valence-electron chi connectivity index (χ0n) is 8.94. The minimum absolute atomic E-state index is 0.242. The highest BCUT2D eigenvalue weighted by Crippen LogP contribution is 2.18. The van der Waals surface area contributed by atoms with Gasteiger partial charge in [0.05, 0.1) is 5.70 Å². The number of hydrogen-bond donors (Lipinski definition) is 0. The fraction of sp³-hybridized carbons (Fsp3) is 0.154. The second-order valence-electron chi connectivity index (χ2n) is 3.59. The monoisotopic (exact) mass is 216 g/mol. The highest BCUT2D eigenvalue weighted by atomic mass is 19.1. The number of nitrogens with zero attached hydrogens (tertiary/aromatic N) is 2. The lowest BCUT2D eigenvalue weighted by Crippen LogP contribution is -2.05. The quantitative estimate of drug-likeness (QED) is 0.709. The van der Waals surface area contributed by atoms with E-state index in [2.05, 4.69) is 17.8 Å². The first-order valence-electron chi connectivity index (χ1n) is 5.16. The van der Waals surface area contributed by atoms with E-state index in [1.54, 1.807) is 12.1 Å². The van der Waals surface area contributed by atoms with Crippen molar-refractivity contribution in [2.24, 2.45) is 4.99 Å². The molecule has 0 atom stereocenters. The van der Waals surface area contributed by atoms with Crippen molar-refractivity contribution in [3.63, 3.8) is 0 Å². The molecule has 0 saturated carbocycles. The second-order valence-corrected chi connectivity index (χ2v) is 3.59. The summed E-state index contributed by atoms with van der Waals surface area (Å²) in [5.41, 5.74) is 1.63. The summed E-state index contributed by atoms with van der Waals surface area (Å²) in [6, 6.07) is 6.26. The van der Waals surface area contributed by atoms with Gasteiger partial charge in [-0.05, 0) is 43.6 Å². The van der Waals surface area contributed by atoms with Crippen LogP contribution < -0.4 is 0 Å². The molecule has 0 spiro atoms. The Hall–Kier alpha value is -1.90. The van der Waals surface area contributed by atoms with Crippen molar-refractivity contribution in [3.05, 3.63) is 54.1 Å². The van der Waals surface area contributed by atoms with Gasteiger partial charge in [0.25, 0.3) is 0 Å². The molecule has 0 aromatic heterocycles. The van der Waals surface area contributed by atoms with Crippen LogP contribution in [0.5, 0.6) is 0 Å². The lowest BCUT2D eigenvalue weighted by molar-refractivity contribution is 0.550. The summed E-state index contributed by atoms with van der Waals surface area (Å²) in [5.74, 6) is -0.242. The summed E-state index contributed by atoms with van der Waals surface area (Å²) in [4.78, 5) is 6.01. The van der Waals surface area contributed by atoms with Gasteiger partial charge >= 0.3 is 0 Å². The van der Waals surface area contributed by atoms with Crippen LogP contribution in [-0.2, 0) is 0 Å². The summed E-state index contributed by atoms with van der Waals surface area (Å²) < 4.78 is 12.8. The van der Waals surface area contributed by atoms with Gasteiger partial charge in [0, 0.05) is 18.3 Å². The molecule has 3 heteroatoms. The fourth-order valence-corrected chi connectivity index (χ4v) is 1.60. The number of hydrogen-bond acceptors (Lipinski definition) is 2. The first-order chi connectivity index (χ1) is 7.79. The van der Waals surface area contributed by atoms with Crippen molar-refractivity contribution in [2.75, 3.05) is 6.54 Å². The molecule has 82 valence electrons. The highest BCUT2D eigenvalue weighted by molar-refractivity contribution is 5.67. The van der Waals surface area contributed by atoms with Crippen molar-refractivity contribution in [3.8, 4) is 0 Å². The second kappa shape index (κ2) is 4.75. The van der Waals surface area contributed by atoms with Gasteiger partial charge in [-0.3, -0.25) is 4.99 Å². The summed E-state index contributed by atoms with van der Waals surface area (Å²) >= 11 is 0. The molecule has 0 bridgehead atoms. The Labute approximate surface area is 94.4 Å². The molecule has 0 radical (unpaired) electrons. The summed E-state index contributed by atoms with van der Waals surface area (Å²) in [7, 11) is 0. The van der Waals surface area contributed by atoms with Crippen molar-refractivity contribution in [1.82, 2.24) is 4.90 Å². The van der Waals surface area contributed by atoms with Crippen LogP contribution in [0, 0.1) is 5.82 Å². The van der Waals surface area contributed by atoms with E-state index in [1.807, 2.05) is 17.3 Å². The maximum Gasteiger partial charge on any atom is 0.123 e. The standard InChI is InChI=1S/C13H13FN2/c1-15-13(10-16-8-2-3-9-16)11-4-6-12(14)7-5-11/h2,4-8,10H,1,3,9H2/b13-10-. The zero-order valence-corrected chi connectivity index (χ0v) is 8.94. The Morgan fingerprint density at radius 3 is 2.69 bits per heavy atom. The van der Waals surface area contributed by atoms with Gasteiger partial charge in [-0.15, -0.1) is 0 Å². The molecule has 1 aliphatic rings. The predicted octanol–water partition coefficient (Wildman–Crippen LogP) is 3.04. The Bertz CT molecular complexity index is 432. The molecule has 0 unspecified atom stereocenters. The van der Waals surface area contributed by atoms with Crippen LogP contribution in [0.2, 0.25) is 0 Å². The molecule has 0 saturated heterocycles. The van der Waals surface area contributed by atoms with E-state index in [0.717, 1.165) is 24.2 Å². The van der Waals surface area contributed by atoms with E-state index in [1.165, 1.54) is 12.1 Å². The van der Waals surface area contributed by atoms with Gasteiger partial charge in [-0.2, -0.15) is 0 Å². The molecule has 0 amide bonds. The van der Waals surface area contributed by atoms with Crippen LogP contribution in [0.4, 0.5) is 4.39 Å². The lowest BCUT2D eigenvalue weighted by atomic mass is 10.1. The number of aliphatic imine (C=N–C) groups is 1. The minimum atomic E-state index is -0.242. The molecular weight excluding hydrogens is 203 g/mol. The number of benzene rings is 1. The third-order valence-electron chi connectivity index (χ3n) is 2.45. The molecule has 0 aliphatic carbocycles. The first kappa shape index (κ1) is 10.6. The summed E-state index contributed by atoms with van der Waals surface area (Å²) in [6.07, 6.45) is 7.07. The summed E-state index contributed by atoms with van der Waals surface area (Å²) in [6.45, 7) is 4.50. The topological polar surface area (TPSA) is 15.6 Å². The Morgan fingerprint density at radius 1 is 1.38 bits per heavy atom. The number of halogens is 1. The molecule has 1 aromatic rings. The Morgan fingerprint density at radius 2 is 2.12 bits per heavy atom. The van der Waals surface area contributed by atoms with Gasteiger partial charge in [0.1, 0.15) is 5.82 Å². The Kier molecular flexibility index (Phi) is 3.15. The smallest absolute Gasteiger partial charge is 0.123 e. The molecular formula is C13H13FN2. The third kappa shape index (κ3) is 2.37. The average molecular weight is 216 g/mol. The SMILES string of the molecule is C=N/C(=C\N1C=CCC1)c1ccc(F)cc1. The van der Waals surface area contributed by atoms with Crippen molar-refractivity contribution in [1.29, 1.82) is 0 Å². The first-order valence-corrected chi connectivity index (χ1v) is 5.16. The van der Waals surface area contributed by atoms with Gasteiger partial charge in [0.2, 0.25) is 0 Å². The van der Waals surface area contributed by atoms with E-state index in [9.17, 15) is 4.39 Å². The van der Waals surface area contributed by atoms with Crippen LogP contribution in [0.25, 0.3) is 5.70 Å². The van der Waals surface area contributed by atoms with E-state index < -0.39 is 0 Å². The van der Waals surface area contributed by atoms with Gasteiger partial charge < -0.3 is 4.90 Å². The minimum Gasteiger partial charge on any atom is -0.352 e. The van der Waals surface area contributed by atoms with Crippen LogP contribution in [-0.4, -0.2) is 18.2 Å². The van der Waals surface area contributed by atoms with E-state index in [0.29, 0.717) is 0 Å². The average Bonchev–Trinajstić information content (AvgIpc) is 2.80. The highest BCUT2D eigenvalue weighted by Gasteiger charge is 2.04. The van der Waals surface area contributed by atoms with E-state index in [4.69, 9.17) is 0 Å². The van der Waals surface area contributed by atoms with Crippen LogP contribution >= 0.6 is 0 Å². The summed E-state index contributed by atoms with van der Waals surface area (Å²) in [5, 5.41) is 0. The van der Waals surface area contributed by atoms with Crippen LogP contribution in [0.15, 0.2) is 47.7 Å². The van der Waals surface area contributed by atoms with Gasteiger partial charge in [0.15, 0.2) is 0 Å². The van der Waals surface area contributed by atoms with Crippen molar-refractivity contribution >= 4 is 12.4 Å². The van der Waals surface area contributed by atoms with Gasteiger partial charge in [-0.1, -0.05) is 6.08 Å². The molecule has 2 nitrogen and oxygen atoms in total. The molecule has 1 aliphatic heterocycles. The molecule has 1 aromatic carbocycles. The molecule has 2 rings (SSSR count). The van der Waals surface area contributed by atoms with Crippen LogP contribution in [0.1, 0.15) is 12.0 Å². The lowest BCUT2D eigenvalue weighted by Gasteiger charge is -2.11. The van der Waals surface area contributed by atoms with Crippen molar-refractivity contribution in [2.45, 2.75) is 6.42 Å². The van der Waals surface area contributed by atoms with Crippen LogP contribution in [0.3, 0.4) is 0 Å². The molecule has 1 heterocycles. The maximum atomic E-state index is 12.8. The largest absolute Gasteiger partial charge is 0.352 e. The van der Waals surface area contributed by atoms with E-state index >= 15 is 0 Å². The fourth-order valence-electron chi connectivity index (χ4n) is 1.60. The van der Waals surface area contributed by atoms with Crippen molar-refractivity contribution < 1.29 is 4.39 Å². The van der Waals surface area contributed by atoms with Gasteiger partial charge in [-0.25, -0.2) is 4.39 Å². The molecule has 0 N–H and O–H groups in total.